The molecule has 82 heavy (non-hydrogen) atoms. The first-order valence-electron chi connectivity index (χ1n) is 32.9. The third-order valence-corrected chi connectivity index (χ3v) is 16.8. The Morgan fingerprint density at radius 3 is 1.18 bits per heavy atom. The summed E-state index contributed by atoms with van der Waals surface area (Å²) in [7, 11) is 0. The summed E-state index contributed by atoms with van der Waals surface area (Å²) in [5.41, 5.74) is 0. The van der Waals surface area contributed by atoms with Crippen molar-refractivity contribution in [2.75, 3.05) is 26.4 Å². The minimum Gasteiger partial charge on any atom is -0.394 e. The van der Waals surface area contributed by atoms with Crippen LogP contribution >= 0.6 is 0 Å². The molecule has 19 heteroatoms. The zero-order valence-electron chi connectivity index (χ0n) is 50.7. The van der Waals surface area contributed by atoms with Gasteiger partial charge in [-0.25, -0.2) is 0 Å². The molecule has 3 saturated heterocycles. The van der Waals surface area contributed by atoms with Crippen molar-refractivity contribution < 1.29 is 89.4 Å². The molecule has 0 aromatic carbocycles. The fraction of sp³-hybridized carbons (Fsp3) is 0.952. The predicted octanol–water partition coefficient (Wildman–Crippen LogP) is 7.33. The van der Waals surface area contributed by atoms with Crippen LogP contribution in [0.4, 0.5) is 0 Å². The lowest BCUT2D eigenvalue weighted by Crippen LogP contribution is -2.66. The lowest BCUT2D eigenvalue weighted by molar-refractivity contribution is -0.379. The van der Waals surface area contributed by atoms with E-state index in [1.807, 2.05) is 0 Å². The Bertz CT molecular complexity index is 1550. The maximum atomic E-state index is 13.4. The van der Waals surface area contributed by atoms with Crippen LogP contribution in [0.3, 0.4) is 0 Å². The molecule has 0 aromatic heterocycles. The highest BCUT2D eigenvalue weighted by Gasteiger charge is 2.53. The molecular formula is C63H119NO18. The van der Waals surface area contributed by atoms with E-state index in [4.69, 9.17) is 28.4 Å². The quantitative estimate of drug-likeness (QED) is 0.0210. The highest BCUT2D eigenvalue weighted by molar-refractivity contribution is 5.76. The molecule has 0 saturated carbocycles. The lowest BCUT2D eigenvalue weighted by Gasteiger charge is -2.48. The van der Waals surface area contributed by atoms with Gasteiger partial charge in [0.15, 0.2) is 18.9 Å². The molecule has 1 amide bonds. The summed E-state index contributed by atoms with van der Waals surface area (Å²) in [4.78, 5) is 13.4. The topological polar surface area (TPSA) is 307 Å². The molecule has 3 heterocycles. The van der Waals surface area contributed by atoms with Gasteiger partial charge in [-0.1, -0.05) is 219 Å². The molecule has 0 bridgehead atoms. The number of carbonyl (C=O) groups excluding carboxylic acids is 1. The number of rotatable bonds is 50. The van der Waals surface area contributed by atoms with Crippen LogP contribution in [0.2, 0.25) is 0 Å². The van der Waals surface area contributed by atoms with Crippen LogP contribution < -0.4 is 5.32 Å². The number of aliphatic hydroxyl groups is 11. The maximum Gasteiger partial charge on any atom is 0.220 e. The number of unbranched alkanes of at least 4 members (excludes halogenated alkanes) is 32. The number of hydrogen-bond donors (Lipinski definition) is 12. The number of aliphatic hydroxyl groups excluding tert-OH is 11. The number of carbonyl (C=O) groups is 1. The average molecular weight is 1180 g/mol. The van der Waals surface area contributed by atoms with Crippen LogP contribution in [0.1, 0.15) is 251 Å². The van der Waals surface area contributed by atoms with Crippen LogP contribution in [-0.4, -0.2) is 193 Å². The third kappa shape index (κ3) is 29.5. The second-order valence-electron chi connectivity index (χ2n) is 23.9. The summed E-state index contributed by atoms with van der Waals surface area (Å²) in [5.74, 6) is -0.241. The summed E-state index contributed by atoms with van der Waals surface area (Å²) in [5, 5.41) is 120. The van der Waals surface area contributed by atoms with Gasteiger partial charge in [-0.2, -0.15) is 0 Å². The van der Waals surface area contributed by atoms with Crippen molar-refractivity contribution >= 4 is 5.91 Å². The van der Waals surface area contributed by atoms with Crippen LogP contribution in [0.5, 0.6) is 0 Å². The highest BCUT2D eigenvalue weighted by atomic mass is 16.8. The van der Waals surface area contributed by atoms with Crippen molar-refractivity contribution in [1.82, 2.24) is 5.32 Å². The second kappa shape index (κ2) is 46.7. The first-order valence-corrected chi connectivity index (χ1v) is 32.9. The summed E-state index contributed by atoms with van der Waals surface area (Å²) >= 11 is 0. The monoisotopic (exact) mass is 1180 g/mol. The van der Waals surface area contributed by atoms with E-state index in [0.29, 0.717) is 12.8 Å². The Kier molecular flexibility index (Phi) is 42.5. The van der Waals surface area contributed by atoms with Crippen molar-refractivity contribution in [3.05, 3.63) is 12.2 Å². The lowest BCUT2D eigenvalue weighted by atomic mass is 9.96. The number of hydrogen-bond acceptors (Lipinski definition) is 18. The third-order valence-electron chi connectivity index (χ3n) is 16.8. The number of nitrogens with one attached hydrogen (secondary N) is 1. The van der Waals surface area contributed by atoms with Crippen LogP contribution in [0, 0.1) is 0 Å². The second-order valence-corrected chi connectivity index (χ2v) is 23.9. The molecule has 3 fully saturated rings. The van der Waals surface area contributed by atoms with Crippen molar-refractivity contribution in [1.29, 1.82) is 0 Å². The largest absolute Gasteiger partial charge is 0.394 e. The molecule has 0 spiro atoms. The molecule has 0 aromatic rings. The predicted molar refractivity (Wildman–Crippen MR) is 314 cm³/mol. The van der Waals surface area contributed by atoms with Gasteiger partial charge in [0.25, 0.3) is 0 Å². The van der Waals surface area contributed by atoms with Gasteiger partial charge in [0, 0.05) is 6.42 Å². The van der Waals surface area contributed by atoms with E-state index in [0.717, 1.165) is 44.9 Å². The van der Waals surface area contributed by atoms with Crippen LogP contribution in [0.25, 0.3) is 0 Å². The highest BCUT2D eigenvalue weighted by Crippen LogP contribution is 2.33. The normalized spacial score (nSPS) is 29.6. The summed E-state index contributed by atoms with van der Waals surface area (Å²) in [6.45, 7) is 1.81. The fourth-order valence-corrected chi connectivity index (χ4v) is 11.4. The van der Waals surface area contributed by atoms with Gasteiger partial charge in [-0.05, 0) is 38.5 Å². The Balaban J connectivity index is 1.44. The number of allylic oxidation sites excluding steroid dienone is 2. The van der Waals surface area contributed by atoms with Crippen LogP contribution in [0.15, 0.2) is 12.2 Å². The zero-order chi connectivity index (χ0) is 59.7. The van der Waals surface area contributed by atoms with Crippen molar-refractivity contribution in [2.45, 2.75) is 356 Å². The van der Waals surface area contributed by atoms with Crippen LogP contribution in [-0.2, 0) is 33.2 Å². The van der Waals surface area contributed by atoms with E-state index >= 15 is 0 Å². The van der Waals surface area contributed by atoms with Gasteiger partial charge in [-0.15, -0.1) is 0 Å². The molecule has 17 atom stereocenters. The molecule has 0 aliphatic carbocycles. The van der Waals surface area contributed by atoms with E-state index in [-0.39, 0.29) is 18.9 Å². The molecule has 17 unspecified atom stereocenters. The minimum absolute atomic E-state index is 0.241. The molecule has 0 radical (unpaired) electrons. The van der Waals surface area contributed by atoms with Gasteiger partial charge < -0.3 is 89.9 Å². The molecule has 3 aliphatic rings. The number of amides is 1. The molecule has 19 nitrogen and oxygen atoms in total. The Labute approximate surface area is 493 Å². The van der Waals surface area contributed by atoms with Gasteiger partial charge >= 0.3 is 0 Å². The summed E-state index contributed by atoms with van der Waals surface area (Å²) < 4.78 is 34.4. The SMILES string of the molecule is CCCCCCCCCC/C=C\CCCCCCCCCCCCCC(=O)NC(COC1OC(CO)C(OC2OC(CO)C(OC3OC(CO)C(O)C(O)C3O)C(O)C2O)C(O)C1O)C(O)CCCCCCCCCCCCCCCC. The first-order chi connectivity index (χ1) is 39.8. The van der Waals surface area contributed by atoms with Gasteiger partial charge in [0.2, 0.25) is 5.91 Å². The van der Waals surface area contributed by atoms with Crippen molar-refractivity contribution in [3.63, 3.8) is 0 Å². The van der Waals surface area contributed by atoms with E-state index in [2.05, 4.69) is 31.3 Å². The van der Waals surface area contributed by atoms with Crippen molar-refractivity contribution in [2.24, 2.45) is 0 Å². The minimum atomic E-state index is -1.97. The smallest absolute Gasteiger partial charge is 0.220 e. The molecular weight excluding hydrogens is 1060 g/mol. The van der Waals surface area contributed by atoms with E-state index in [1.165, 1.54) is 173 Å². The number of ether oxygens (including phenoxy) is 6. The summed E-state index contributed by atoms with van der Waals surface area (Å²) in [6.07, 6.45) is 21.5. The molecule has 484 valence electrons. The average Bonchev–Trinajstić information content (AvgIpc) is 3.14. The van der Waals surface area contributed by atoms with E-state index in [9.17, 15) is 61.0 Å². The van der Waals surface area contributed by atoms with Gasteiger partial charge in [0.1, 0.15) is 73.2 Å². The Morgan fingerprint density at radius 1 is 0.427 bits per heavy atom. The molecule has 3 aliphatic heterocycles. The first kappa shape index (κ1) is 74.8. The molecule has 12 N–H and O–H groups in total. The standard InChI is InChI=1S/C63H119NO18/c1-3-5-7-9-11-13-15-17-19-20-21-22-23-24-25-26-27-29-31-33-35-37-39-41-51(69)64-46(47(68)40-38-36-34-32-30-28-18-16-14-12-10-8-6-4-2)45-77-61-57(75)54(72)59(49(43-66)79-61)82-63-58(76)55(73)60(50(44-67)80-63)81-62-56(74)53(71)52(70)48(42-65)78-62/h20-21,46-50,52-63,65-68,70-76H,3-19,22-45H2,1-2H3,(H,64,69)/b21-20-. The van der Waals surface area contributed by atoms with E-state index < -0.39 is 124 Å². The van der Waals surface area contributed by atoms with Gasteiger partial charge in [0.05, 0.1) is 38.6 Å². The fourth-order valence-electron chi connectivity index (χ4n) is 11.4. The summed E-state index contributed by atoms with van der Waals surface area (Å²) in [6, 6.07) is -0.884. The Hall–Kier alpha value is -1.47. The Morgan fingerprint density at radius 2 is 0.768 bits per heavy atom. The van der Waals surface area contributed by atoms with E-state index in [1.54, 1.807) is 0 Å². The zero-order valence-corrected chi connectivity index (χ0v) is 50.7. The maximum absolute atomic E-state index is 13.4. The molecule has 3 rings (SSSR count). The van der Waals surface area contributed by atoms with Gasteiger partial charge in [-0.3, -0.25) is 4.79 Å². The van der Waals surface area contributed by atoms with Crippen molar-refractivity contribution in [3.8, 4) is 0 Å².